The van der Waals surface area contributed by atoms with E-state index in [2.05, 4.69) is 16.4 Å². The number of amides is 1. The molecule has 1 aromatic rings. The number of methoxy groups -OCH3 is 1. The van der Waals surface area contributed by atoms with E-state index in [1.807, 2.05) is 24.8 Å². The Balaban J connectivity index is 1.71. The van der Waals surface area contributed by atoms with Gasteiger partial charge in [-0.15, -0.1) is 0 Å². The van der Waals surface area contributed by atoms with Crippen molar-refractivity contribution >= 4 is 11.7 Å². The van der Waals surface area contributed by atoms with Crippen molar-refractivity contribution < 1.29 is 9.53 Å². The minimum Gasteiger partial charge on any atom is -0.369 e. The predicted molar refractivity (Wildman–Crippen MR) is 90.2 cm³/mol. The van der Waals surface area contributed by atoms with Crippen molar-refractivity contribution in [3.63, 3.8) is 0 Å². The molecule has 6 nitrogen and oxygen atoms in total. The molecular formula is C18H24N4O2. The molecule has 0 radical (unpaired) electrons. The van der Waals surface area contributed by atoms with Crippen LogP contribution < -0.4 is 5.32 Å². The second-order valence-corrected chi connectivity index (χ2v) is 7.22. The highest BCUT2D eigenvalue weighted by atomic mass is 16.5. The third-order valence-electron chi connectivity index (χ3n) is 5.13. The van der Waals surface area contributed by atoms with Gasteiger partial charge in [-0.2, -0.15) is 5.26 Å². The molecule has 1 saturated heterocycles. The maximum atomic E-state index is 12.7. The number of hydrogen-bond acceptors (Lipinski definition) is 5. The standard InChI is InChI=1S/C18H24N4O2/c1-18(2,24-3)17(23)22-10-14(13-5-6-13)15(11-22)21-16-7-4-12(8-19)9-20-16/h4,7,9,13-15H,5-6,10-11H2,1-3H3,(H,20,21)/t14-,15+/m0/s1. The van der Waals surface area contributed by atoms with Gasteiger partial charge in [0.1, 0.15) is 17.5 Å². The fourth-order valence-electron chi connectivity index (χ4n) is 3.35. The van der Waals surface area contributed by atoms with Crippen molar-refractivity contribution in [3.8, 4) is 6.07 Å². The number of anilines is 1. The number of nitrogens with zero attached hydrogens (tertiary/aromatic N) is 3. The van der Waals surface area contributed by atoms with Gasteiger partial charge in [0.05, 0.1) is 5.56 Å². The van der Waals surface area contributed by atoms with Crippen LogP contribution in [0.3, 0.4) is 0 Å². The van der Waals surface area contributed by atoms with Crippen LogP contribution in [0.5, 0.6) is 0 Å². The van der Waals surface area contributed by atoms with Crippen LogP contribution in [-0.4, -0.2) is 47.6 Å². The molecule has 6 heteroatoms. The van der Waals surface area contributed by atoms with E-state index in [1.54, 1.807) is 19.4 Å². The number of nitrogens with one attached hydrogen (secondary N) is 1. The van der Waals surface area contributed by atoms with Crippen LogP contribution >= 0.6 is 0 Å². The lowest BCUT2D eigenvalue weighted by Gasteiger charge is -2.28. The third-order valence-corrected chi connectivity index (χ3v) is 5.13. The van der Waals surface area contributed by atoms with E-state index in [4.69, 9.17) is 10.00 Å². The number of rotatable bonds is 5. The zero-order valence-electron chi connectivity index (χ0n) is 14.5. The Morgan fingerprint density at radius 2 is 2.17 bits per heavy atom. The summed E-state index contributed by atoms with van der Waals surface area (Å²) in [4.78, 5) is 18.9. The molecule has 0 bridgehead atoms. The summed E-state index contributed by atoms with van der Waals surface area (Å²) in [7, 11) is 1.57. The van der Waals surface area contributed by atoms with E-state index >= 15 is 0 Å². The molecule has 2 fully saturated rings. The average Bonchev–Trinajstić information content (AvgIpc) is 3.36. The summed E-state index contributed by atoms with van der Waals surface area (Å²) < 4.78 is 5.35. The van der Waals surface area contributed by atoms with Gasteiger partial charge in [0.15, 0.2) is 0 Å². The van der Waals surface area contributed by atoms with E-state index in [0.29, 0.717) is 23.9 Å². The fraction of sp³-hybridized carbons (Fsp3) is 0.611. The molecular weight excluding hydrogens is 304 g/mol. The first-order valence-corrected chi connectivity index (χ1v) is 8.42. The van der Waals surface area contributed by atoms with E-state index in [0.717, 1.165) is 12.4 Å². The number of hydrogen-bond donors (Lipinski definition) is 1. The first-order valence-electron chi connectivity index (χ1n) is 8.42. The van der Waals surface area contributed by atoms with Crippen molar-refractivity contribution in [2.24, 2.45) is 11.8 Å². The molecule has 1 saturated carbocycles. The maximum absolute atomic E-state index is 12.7. The molecule has 0 spiro atoms. The number of ether oxygens (including phenoxy) is 1. The molecule has 0 aromatic carbocycles. The van der Waals surface area contributed by atoms with Crippen LogP contribution in [0.25, 0.3) is 0 Å². The molecule has 2 heterocycles. The Morgan fingerprint density at radius 1 is 1.42 bits per heavy atom. The zero-order valence-corrected chi connectivity index (χ0v) is 14.5. The SMILES string of the molecule is COC(C)(C)C(=O)N1C[C@@H](Nc2ccc(C#N)cn2)[C@H](C2CC2)C1. The Hall–Kier alpha value is -2.13. The van der Waals surface area contributed by atoms with E-state index < -0.39 is 5.60 Å². The van der Waals surface area contributed by atoms with Crippen LogP contribution in [0.4, 0.5) is 5.82 Å². The summed E-state index contributed by atoms with van der Waals surface area (Å²) in [6.45, 7) is 5.05. The van der Waals surface area contributed by atoms with Crippen molar-refractivity contribution in [2.75, 3.05) is 25.5 Å². The maximum Gasteiger partial charge on any atom is 0.254 e. The van der Waals surface area contributed by atoms with Crippen molar-refractivity contribution in [3.05, 3.63) is 23.9 Å². The smallest absolute Gasteiger partial charge is 0.254 e. The Bertz CT molecular complexity index is 646. The minimum atomic E-state index is -0.796. The highest BCUT2D eigenvalue weighted by Crippen LogP contribution is 2.42. The van der Waals surface area contributed by atoms with Gasteiger partial charge in [0.2, 0.25) is 0 Å². The molecule has 2 aliphatic rings. The molecule has 1 aliphatic heterocycles. The van der Waals surface area contributed by atoms with Crippen LogP contribution in [0, 0.1) is 23.2 Å². The molecule has 24 heavy (non-hydrogen) atoms. The van der Waals surface area contributed by atoms with Gasteiger partial charge >= 0.3 is 0 Å². The van der Waals surface area contributed by atoms with Gasteiger partial charge in [0, 0.05) is 38.4 Å². The number of nitriles is 1. The van der Waals surface area contributed by atoms with Gasteiger partial charge in [0.25, 0.3) is 5.91 Å². The molecule has 2 atom stereocenters. The second-order valence-electron chi connectivity index (χ2n) is 7.22. The molecule has 0 unspecified atom stereocenters. The molecule has 1 aromatic heterocycles. The summed E-state index contributed by atoms with van der Waals surface area (Å²) in [6.07, 6.45) is 4.04. The first kappa shape index (κ1) is 16.7. The quantitative estimate of drug-likeness (QED) is 0.895. The van der Waals surface area contributed by atoms with Gasteiger partial charge < -0.3 is 15.0 Å². The average molecular weight is 328 g/mol. The van der Waals surface area contributed by atoms with Crippen LogP contribution in [-0.2, 0) is 9.53 Å². The van der Waals surface area contributed by atoms with Gasteiger partial charge in [-0.25, -0.2) is 4.98 Å². The Kier molecular flexibility index (Phi) is 4.46. The third kappa shape index (κ3) is 3.36. The zero-order chi connectivity index (χ0) is 17.3. The van der Waals surface area contributed by atoms with E-state index in [9.17, 15) is 4.79 Å². The number of likely N-dealkylation sites (tertiary alicyclic amines) is 1. The molecule has 1 N–H and O–H groups in total. The van der Waals surface area contributed by atoms with Crippen molar-refractivity contribution in [2.45, 2.75) is 38.3 Å². The summed E-state index contributed by atoms with van der Waals surface area (Å²) in [5.41, 5.74) is -0.250. The van der Waals surface area contributed by atoms with Crippen LogP contribution in [0.1, 0.15) is 32.3 Å². The van der Waals surface area contributed by atoms with E-state index in [1.165, 1.54) is 12.8 Å². The molecule has 128 valence electrons. The normalized spacial score (nSPS) is 23.8. The molecule has 3 rings (SSSR count). The Morgan fingerprint density at radius 3 is 2.71 bits per heavy atom. The lowest BCUT2D eigenvalue weighted by atomic mass is 9.98. The predicted octanol–water partition coefficient (Wildman–Crippen LogP) is 2.03. The van der Waals surface area contributed by atoms with Crippen molar-refractivity contribution in [1.29, 1.82) is 5.26 Å². The fourth-order valence-corrected chi connectivity index (χ4v) is 3.35. The Labute approximate surface area is 142 Å². The topological polar surface area (TPSA) is 78.2 Å². The van der Waals surface area contributed by atoms with Crippen molar-refractivity contribution in [1.82, 2.24) is 9.88 Å². The van der Waals surface area contributed by atoms with Gasteiger partial charge in [-0.3, -0.25) is 4.79 Å². The lowest BCUT2D eigenvalue weighted by molar-refractivity contribution is -0.150. The first-order chi connectivity index (χ1) is 11.4. The number of aromatic nitrogens is 1. The highest BCUT2D eigenvalue weighted by Gasteiger charge is 2.46. The van der Waals surface area contributed by atoms with Crippen LogP contribution in [0.15, 0.2) is 18.3 Å². The summed E-state index contributed by atoms with van der Waals surface area (Å²) in [5.74, 6) is 1.92. The van der Waals surface area contributed by atoms with Gasteiger partial charge in [-0.05, 0) is 44.7 Å². The number of carbonyl (C=O) groups excluding carboxylic acids is 1. The monoisotopic (exact) mass is 328 g/mol. The summed E-state index contributed by atoms with van der Waals surface area (Å²) >= 11 is 0. The highest BCUT2D eigenvalue weighted by molar-refractivity contribution is 5.84. The second kappa shape index (κ2) is 6.40. The number of pyridine rings is 1. The largest absolute Gasteiger partial charge is 0.369 e. The van der Waals surface area contributed by atoms with Crippen LogP contribution in [0.2, 0.25) is 0 Å². The summed E-state index contributed by atoms with van der Waals surface area (Å²) in [5, 5.41) is 12.3. The van der Waals surface area contributed by atoms with E-state index in [-0.39, 0.29) is 11.9 Å². The number of carbonyl (C=O) groups is 1. The minimum absolute atomic E-state index is 0.0349. The van der Waals surface area contributed by atoms with Gasteiger partial charge in [-0.1, -0.05) is 0 Å². The molecule has 1 amide bonds. The molecule has 1 aliphatic carbocycles. The lowest BCUT2D eigenvalue weighted by Crippen LogP contribution is -2.46. The summed E-state index contributed by atoms with van der Waals surface area (Å²) in [6, 6.07) is 5.84.